The second kappa shape index (κ2) is 8.21. The maximum Gasteiger partial charge on any atom is 0.316 e. The summed E-state index contributed by atoms with van der Waals surface area (Å²) in [6.45, 7) is -0.274. The molecule has 0 spiro atoms. The van der Waals surface area contributed by atoms with Crippen LogP contribution in [0, 0.1) is 0 Å². The molecule has 0 aliphatic heterocycles. The molecule has 1 aliphatic carbocycles. The molecule has 0 saturated carbocycles. The molecule has 0 aromatic heterocycles. The van der Waals surface area contributed by atoms with Gasteiger partial charge in [-0.2, -0.15) is 0 Å². The first-order valence-electron chi connectivity index (χ1n) is 8.24. The monoisotopic (exact) mass is 356 g/mol. The van der Waals surface area contributed by atoms with Gasteiger partial charge in [0.15, 0.2) is 6.61 Å². The Labute approximate surface area is 151 Å². The number of ketones is 1. The van der Waals surface area contributed by atoms with Crippen LogP contribution in [0.15, 0.2) is 47.4 Å². The van der Waals surface area contributed by atoms with Crippen LogP contribution in [-0.4, -0.2) is 31.2 Å². The van der Waals surface area contributed by atoms with E-state index >= 15 is 0 Å². The number of rotatable bonds is 7. The van der Waals surface area contributed by atoms with Crippen molar-refractivity contribution in [1.82, 2.24) is 0 Å². The molecule has 0 amide bonds. The van der Waals surface area contributed by atoms with Crippen LogP contribution >= 0.6 is 11.8 Å². The molecule has 2 aromatic rings. The molecule has 0 radical (unpaired) electrons. The molecule has 5 heteroatoms. The number of thioether (sulfide) groups is 1. The van der Waals surface area contributed by atoms with Crippen molar-refractivity contribution in [1.29, 1.82) is 0 Å². The standard InChI is InChI=1S/C20H20O4S/c1-23-19-8-3-2-7-17(19)18(21)12-24-20(22)13-25-16-10-9-14-5-4-6-15(14)11-16/h2-3,7-11H,4-6,12-13H2,1H3. The van der Waals surface area contributed by atoms with E-state index in [2.05, 4.69) is 12.1 Å². The Hall–Kier alpha value is -2.27. The van der Waals surface area contributed by atoms with E-state index in [4.69, 9.17) is 9.47 Å². The zero-order valence-electron chi connectivity index (χ0n) is 14.1. The van der Waals surface area contributed by atoms with Crippen LogP contribution in [0.4, 0.5) is 0 Å². The van der Waals surface area contributed by atoms with Crippen LogP contribution in [0.25, 0.3) is 0 Å². The van der Waals surface area contributed by atoms with Crippen molar-refractivity contribution < 1.29 is 19.1 Å². The van der Waals surface area contributed by atoms with E-state index < -0.39 is 5.97 Å². The molecule has 0 saturated heterocycles. The lowest BCUT2D eigenvalue weighted by Gasteiger charge is -2.08. The molecule has 0 heterocycles. The van der Waals surface area contributed by atoms with Crippen LogP contribution < -0.4 is 4.74 Å². The lowest BCUT2D eigenvalue weighted by molar-refractivity contribution is -0.139. The molecule has 1 aliphatic rings. The van der Waals surface area contributed by atoms with Gasteiger partial charge in [0.25, 0.3) is 0 Å². The van der Waals surface area contributed by atoms with Gasteiger partial charge in [0.1, 0.15) is 5.75 Å². The number of carbonyl (C=O) groups is 2. The molecule has 0 unspecified atom stereocenters. The van der Waals surface area contributed by atoms with E-state index in [1.165, 1.54) is 36.4 Å². The van der Waals surface area contributed by atoms with E-state index in [9.17, 15) is 9.59 Å². The number of carbonyl (C=O) groups excluding carboxylic acids is 2. The fourth-order valence-electron chi connectivity index (χ4n) is 2.92. The lowest BCUT2D eigenvalue weighted by Crippen LogP contribution is -2.16. The van der Waals surface area contributed by atoms with Gasteiger partial charge in [-0.15, -0.1) is 11.8 Å². The average Bonchev–Trinajstić information content (AvgIpc) is 3.12. The molecule has 25 heavy (non-hydrogen) atoms. The van der Waals surface area contributed by atoms with E-state index in [0.717, 1.165) is 17.7 Å². The highest BCUT2D eigenvalue weighted by Crippen LogP contribution is 2.27. The Kier molecular flexibility index (Phi) is 5.76. The molecular formula is C20H20O4S. The molecule has 2 aromatic carbocycles. The van der Waals surface area contributed by atoms with Gasteiger partial charge in [-0.25, -0.2) is 0 Å². The molecule has 0 atom stereocenters. The number of benzene rings is 2. The van der Waals surface area contributed by atoms with Crippen LogP contribution in [0.5, 0.6) is 5.75 Å². The van der Waals surface area contributed by atoms with Crippen molar-refractivity contribution in [3.63, 3.8) is 0 Å². The van der Waals surface area contributed by atoms with Crippen molar-refractivity contribution in [3.05, 3.63) is 59.2 Å². The van der Waals surface area contributed by atoms with Gasteiger partial charge in [0, 0.05) is 4.90 Å². The van der Waals surface area contributed by atoms with Gasteiger partial charge in [-0.3, -0.25) is 9.59 Å². The summed E-state index contributed by atoms with van der Waals surface area (Å²) >= 11 is 1.44. The number of aryl methyl sites for hydroxylation is 2. The number of methoxy groups -OCH3 is 1. The smallest absolute Gasteiger partial charge is 0.316 e. The van der Waals surface area contributed by atoms with Gasteiger partial charge in [0.2, 0.25) is 5.78 Å². The predicted molar refractivity (Wildman–Crippen MR) is 97.5 cm³/mol. The third kappa shape index (κ3) is 4.42. The molecular weight excluding hydrogens is 336 g/mol. The number of fused-ring (bicyclic) bond motifs is 1. The lowest BCUT2D eigenvalue weighted by atomic mass is 10.1. The summed E-state index contributed by atoms with van der Waals surface area (Å²) in [7, 11) is 1.51. The first kappa shape index (κ1) is 17.5. The molecule has 130 valence electrons. The highest BCUT2D eigenvalue weighted by Gasteiger charge is 2.15. The largest absolute Gasteiger partial charge is 0.496 e. The Morgan fingerprint density at radius 3 is 2.72 bits per heavy atom. The van der Waals surface area contributed by atoms with Crippen molar-refractivity contribution in [2.75, 3.05) is 19.5 Å². The molecule has 0 bridgehead atoms. The summed E-state index contributed by atoms with van der Waals surface area (Å²) in [4.78, 5) is 25.1. The molecule has 3 rings (SSSR count). The van der Waals surface area contributed by atoms with Crippen molar-refractivity contribution in [2.45, 2.75) is 24.2 Å². The fraction of sp³-hybridized carbons (Fsp3) is 0.300. The molecule has 4 nitrogen and oxygen atoms in total. The van der Waals surface area contributed by atoms with E-state index in [-0.39, 0.29) is 18.1 Å². The van der Waals surface area contributed by atoms with Crippen molar-refractivity contribution in [3.8, 4) is 5.75 Å². The summed E-state index contributed by atoms with van der Waals surface area (Å²) in [5, 5.41) is 0. The number of para-hydroxylation sites is 1. The average molecular weight is 356 g/mol. The summed E-state index contributed by atoms with van der Waals surface area (Å²) < 4.78 is 10.3. The number of hydrogen-bond acceptors (Lipinski definition) is 5. The Bertz CT molecular complexity index is 785. The zero-order valence-corrected chi connectivity index (χ0v) is 14.9. The maximum absolute atomic E-state index is 12.2. The third-order valence-corrected chi connectivity index (χ3v) is 5.17. The van der Waals surface area contributed by atoms with Gasteiger partial charge in [-0.05, 0) is 54.7 Å². The minimum atomic E-state index is -0.395. The van der Waals surface area contributed by atoms with Gasteiger partial charge in [0.05, 0.1) is 18.4 Å². The molecule has 0 N–H and O–H groups in total. The van der Waals surface area contributed by atoms with E-state index in [0.29, 0.717) is 11.3 Å². The fourth-order valence-corrected chi connectivity index (χ4v) is 3.68. The minimum absolute atomic E-state index is 0.192. The highest BCUT2D eigenvalue weighted by atomic mass is 32.2. The van der Waals surface area contributed by atoms with Crippen LogP contribution in [0.1, 0.15) is 27.9 Å². The summed E-state index contributed by atoms with van der Waals surface area (Å²) in [5.74, 6) is 0.0102. The number of hydrogen-bond donors (Lipinski definition) is 0. The van der Waals surface area contributed by atoms with Crippen molar-refractivity contribution >= 4 is 23.5 Å². The highest BCUT2D eigenvalue weighted by molar-refractivity contribution is 8.00. The van der Waals surface area contributed by atoms with Crippen LogP contribution in [0.3, 0.4) is 0 Å². The third-order valence-electron chi connectivity index (χ3n) is 4.20. The van der Waals surface area contributed by atoms with Crippen LogP contribution in [-0.2, 0) is 22.4 Å². The van der Waals surface area contributed by atoms with Crippen LogP contribution in [0.2, 0.25) is 0 Å². The maximum atomic E-state index is 12.2. The topological polar surface area (TPSA) is 52.6 Å². The summed E-state index contributed by atoms with van der Waals surface area (Å²) in [6.07, 6.45) is 3.46. The second-order valence-corrected chi connectivity index (χ2v) is 6.91. The van der Waals surface area contributed by atoms with E-state index in [1.807, 2.05) is 6.07 Å². The Morgan fingerprint density at radius 1 is 1.08 bits per heavy atom. The Balaban J connectivity index is 1.49. The van der Waals surface area contributed by atoms with Crippen molar-refractivity contribution in [2.24, 2.45) is 0 Å². The van der Waals surface area contributed by atoms with Gasteiger partial charge < -0.3 is 9.47 Å². The minimum Gasteiger partial charge on any atom is -0.496 e. The SMILES string of the molecule is COc1ccccc1C(=O)COC(=O)CSc1ccc2c(c1)CCC2. The Morgan fingerprint density at radius 2 is 1.88 bits per heavy atom. The second-order valence-electron chi connectivity index (χ2n) is 5.86. The number of ether oxygens (including phenoxy) is 2. The molecule has 0 fully saturated rings. The first-order chi connectivity index (χ1) is 12.2. The summed E-state index contributed by atoms with van der Waals surface area (Å²) in [6, 6.07) is 13.2. The first-order valence-corrected chi connectivity index (χ1v) is 9.22. The number of Topliss-reactive ketones (excluding diaryl/α,β-unsaturated/α-hetero) is 1. The zero-order chi connectivity index (χ0) is 17.6. The number of esters is 1. The van der Waals surface area contributed by atoms with Gasteiger partial charge in [-0.1, -0.05) is 18.2 Å². The normalized spacial score (nSPS) is 12.5. The summed E-state index contributed by atoms with van der Waals surface area (Å²) in [5.41, 5.74) is 3.21. The van der Waals surface area contributed by atoms with Gasteiger partial charge >= 0.3 is 5.97 Å². The quantitative estimate of drug-likeness (QED) is 0.430. The predicted octanol–water partition coefficient (Wildman–Crippen LogP) is 3.70. The van der Waals surface area contributed by atoms with E-state index in [1.54, 1.807) is 24.3 Å².